The maximum absolute atomic E-state index is 15.7. The van der Waals surface area contributed by atoms with Crippen molar-refractivity contribution in [1.29, 1.82) is 0 Å². The molecular weight excluding hydrogens is 327 g/mol. The van der Waals surface area contributed by atoms with Gasteiger partial charge in [0.25, 0.3) is 0 Å². The van der Waals surface area contributed by atoms with Gasteiger partial charge in [-0.15, -0.1) is 5.92 Å². The van der Waals surface area contributed by atoms with E-state index < -0.39 is 29.5 Å². The number of hydrogen-bond donors (Lipinski definition) is 4. The first kappa shape index (κ1) is 17.5. The molecule has 1 fully saturated rings. The Kier molecular flexibility index (Phi) is 3.95. The van der Waals surface area contributed by atoms with Crippen molar-refractivity contribution in [2.75, 3.05) is 0 Å². The fourth-order valence-electron chi connectivity index (χ4n) is 3.03. The Hall–Kier alpha value is -2.28. The summed E-state index contributed by atoms with van der Waals surface area (Å²) in [6.07, 6.45) is -2.93. The van der Waals surface area contributed by atoms with Crippen LogP contribution in [0.2, 0.25) is 0 Å². The number of alkyl halides is 1. The Labute approximate surface area is 145 Å². The van der Waals surface area contributed by atoms with Gasteiger partial charge in [0.15, 0.2) is 18.0 Å². The standard InChI is InChI=1S/C14H18B2FN5O3/c1-3-4-13(17)8(23)9(14(15,16)24)25-11(13)22-5-19-7-6(2)20-12(18)21-10(7)22/h5,8-9,11,23-24H,2,15-16H2,1H3,(H3,18,20,21)/t8?,9?,11-,13-/m1/s1. The number of rotatable bonds is 2. The zero-order chi connectivity index (χ0) is 18.6. The van der Waals surface area contributed by atoms with Crippen LogP contribution in [0, 0.1) is 11.8 Å². The van der Waals surface area contributed by atoms with Gasteiger partial charge >= 0.3 is 0 Å². The summed E-state index contributed by atoms with van der Waals surface area (Å²) in [6.45, 7) is 5.24. The lowest BCUT2D eigenvalue weighted by Crippen LogP contribution is -2.52. The highest BCUT2D eigenvalue weighted by atomic mass is 19.1. The van der Waals surface area contributed by atoms with Crippen molar-refractivity contribution in [2.24, 2.45) is 10.7 Å². The van der Waals surface area contributed by atoms with E-state index in [0.717, 1.165) is 0 Å². The number of ether oxygens (including phenoxy) is 1. The third-order valence-corrected chi connectivity index (χ3v) is 4.18. The molecule has 0 aliphatic carbocycles. The van der Waals surface area contributed by atoms with Gasteiger partial charge in [-0.2, -0.15) is 4.99 Å². The van der Waals surface area contributed by atoms with Crippen LogP contribution >= 0.6 is 0 Å². The fraction of sp³-hybridized carbons (Fsp3) is 0.429. The molecule has 0 bridgehead atoms. The molecule has 0 amide bonds. The van der Waals surface area contributed by atoms with E-state index in [9.17, 15) is 10.2 Å². The molecule has 4 atom stereocenters. The highest BCUT2D eigenvalue weighted by molar-refractivity contribution is 6.39. The van der Waals surface area contributed by atoms with E-state index in [0.29, 0.717) is 11.4 Å². The Morgan fingerprint density at radius 1 is 1.60 bits per heavy atom. The van der Waals surface area contributed by atoms with Crippen molar-refractivity contribution in [2.45, 2.75) is 36.4 Å². The topological polar surface area (TPSA) is 118 Å². The second-order valence-electron chi connectivity index (χ2n) is 6.58. The molecule has 3 heterocycles. The zero-order valence-corrected chi connectivity index (χ0v) is 14.1. The van der Waals surface area contributed by atoms with Crippen molar-refractivity contribution in [3.05, 3.63) is 18.6 Å². The molecule has 2 aliphatic heterocycles. The number of guanidine groups is 1. The van der Waals surface area contributed by atoms with Crippen LogP contribution in [0.1, 0.15) is 18.8 Å². The molecule has 2 aliphatic rings. The van der Waals surface area contributed by atoms with Gasteiger partial charge in [-0.25, -0.2) is 9.37 Å². The molecule has 0 radical (unpaired) electrons. The molecule has 0 spiro atoms. The number of imidazole rings is 1. The lowest BCUT2D eigenvalue weighted by atomic mass is 9.60. The van der Waals surface area contributed by atoms with Gasteiger partial charge in [0, 0.05) is 5.40 Å². The quantitative estimate of drug-likeness (QED) is 0.343. The number of aliphatic hydroxyl groups is 2. The Morgan fingerprint density at radius 2 is 2.28 bits per heavy atom. The van der Waals surface area contributed by atoms with Crippen molar-refractivity contribution >= 4 is 33.2 Å². The average molecular weight is 345 g/mol. The number of aromatic nitrogens is 2. The van der Waals surface area contributed by atoms with Crippen molar-refractivity contribution in [3.8, 4) is 11.8 Å². The van der Waals surface area contributed by atoms with Gasteiger partial charge < -0.3 is 26.0 Å². The minimum Gasteiger partial charge on any atom is -0.405 e. The zero-order valence-electron chi connectivity index (χ0n) is 14.1. The molecule has 1 aromatic heterocycles. The fourth-order valence-corrected chi connectivity index (χ4v) is 3.03. The molecule has 2 unspecified atom stereocenters. The predicted molar refractivity (Wildman–Crippen MR) is 94.9 cm³/mol. The number of nitrogens with zero attached hydrogens (tertiary/aromatic N) is 3. The largest absolute Gasteiger partial charge is 0.405 e. The van der Waals surface area contributed by atoms with Crippen LogP contribution in [0.25, 0.3) is 5.70 Å². The molecule has 5 N–H and O–H groups in total. The first-order valence-electron chi connectivity index (χ1n) is 7.65. The summed E-state index contributed by atoms with van der Waals surface area (Å²) < 4.78 is 22.6. The van der Waals surface area contributed by atoms with E-state index in [1.165, 1.54) is 33.5 Å². The summed E-state index contributed by atoms with van der Waals surface area (Å²) >= 11 is 0. The molecular formula is C14H18B2FN5O3. The minimum atomic E-state index is -2.47. The van der Waals surface area contributed by atoms with E-state index in [2.05, 4.69) is 33.7 Å². The number of nitrogens with two attached hydrogens (primary N) is 1. The van der Waals surface area contributed by atoms with Crippen LogP contribution in [0.15, 0.2) is 17.9 Å². The molecule has 1 aromatic rings. The number of halogens is 1. The van der Waals surface area contributed by atoms with Gasteiger partial charge in [-0.3, -0.25) is 4.57 Å². The predicted octanol–water partition coefficient (Wildman–Crippen LogP) is -2.69. The first-order valence-corrected chi connectivity index (χ1v) is 7.65. The number of hydrogen-bond acceptors (Lipinski definition) is 7. The van der Waals surface area contributed by atoms with E-state index in [1.54, 1.807) is 0 Å². The summed E-state index contributed by atoms with van der Waals surface area (Å²) in [5, 5.41) is 21.9. The number of aliphatic hydroxyl groups excluding tert-OH is 1. The van der Waals surface area contributed by atoms with E-state index in [4.69, 9.17) is 10.5 Å². The molecule has 25 heavy (non-hydrogen) atoms. The van der Waals surface area contributed by atoms with Gasteiger partial charge in [-0.05, 0) is 6.92 Å². The number of aliphatic imine (C=N–C) groups is 1. The second-order valence-corrected chi connectivity index (χ2v) is 6.58. The molecule has 0 saturated carbocycles. The Bertz CT molecular complexity index is 825. The van der Waals surface area contributed by atoms with Crippen LogP contribution in [0.5, 0.6) is 0 Å². The summed E-state index contributed by atoms with van der Waals surface area (Å²) in [4.78, 5) is 8.28. The van der Waals surface area contributed by atoms with Gasteiger partial charge in [0.2, 0.25) is 5.67 Å². The SMILES string of the molecule is BC(B)(O)C1O[C@@H](n2cnc3c2N=C(N)NC3=C)[C@@](F)(C#CC)C1O. The van der Waals surface area contributed by atoms with Gasteiger partial charge in [-0.1, -0.05) is 12.5 Å². The smallest absolute Gasteiger partial charge is 0.243 e. The monoisotopic (exact) mass is 345 g/mol. The third-order valence-electron chi connectivity index (χ3n) is 4.18. The van der Waals surface area contributed by atoms with Crippen LogP contribution in [0.3, 0.4) is 0 Å². The van der Waals surface area contributed by atoms with Crippen molar-refractivity contribution in [3.63, 3.8) is 0 Å². The molecule has 0 aromatic carbocycles. The number of fused-ring (bicyclic) bond motifs is 1. The van der Waals surface area contributed by atoms with Crippen molar-refractivity contribution < 1.29 is 19.3 Å². The maximum Gasteiger partial charge on any atom is 0.243 e. The van der Waals surface area contributed by atoms with E-state index in [-0.39, 0.29) is 11.8 Å². The second kappa shape index (κ2) is 5.62. The van der Waals surface area contributed by atoms with Gasteiger partial charge in [0.1, 0.15) is 33.6 Å². The first-order chi connectivity index (χ1) is 11.6. The molecule has 1 saturated heterocycles. The summed E-state index contributed by atoms with van der Waals surface area (Å²) in [6, 6.07) is 0. The summed E-state index contributed by atoms with van der Waals surface area (Å²) in [5.41, 5.74) is 4.02. The highest BCUT2D eigenvalue weighted by Crippen LogP contribution is 2.46. The lowest BCUT2D eigenvalue weighted by molar-refractivity contribution is -0.0744. The normalized spacial score (nSPS) is 31.6. The van der Waals surface area contributed by atoms with Crippen LogP contribution < -0.4 is 11.1 Å². The highest BCUT2D eigenvalue weighted by Gasteiger charge is 2.61. The third kappa shape index (κ3) is 2.63. The lowest BCUT2D eigenvalue weighted by Gasteiger charge is -2.28. The molecule has 130 valence electrons. The maximum atomic E-state index is 15.7. The summed E-state index contributed by atoms with van der Waals surface area (Å²) in [7, 11) is 2.85. The minimum absolute atomic E-state index is 0.0721. The van der Waals surface area contributed by atoms with Crippen LogP contribution in [-0.2, 0) is 4.74 Å². The Balaban J connectivity index is 2.13. The molecule has 11 heteroatoms. The van der Waals surface area contributed by atoms with E-state index in [1.807, 2.05) is 0 Å². The molecule has 8 nitrogen and oxygen atoms in total. The molecule has 3 rings (SSSR count). The summed E-state index contributed by atoms with van der Waals surface area (Å²) in [5.74, 6) is 5.15. The van der Waals surface area contributed by atoms with Crippen LogP contribution in [0.4, 0.5) is 10.2 Å². The number of nitrogens with one attached hydrogen (secondary N) is 1. The average Bonchev–Trinajstić information content (AvgIpc) is 3.00. The van der Waals surface area contributed by atoms with E-state index >= 15 is 4.39 Å². The van der Waals surface area contributed by atoms with Crippen molar-refractivity contribution in [1.82, 2.24) is 14.9 Å². The van der Waals surface area contributed by atoms with Gasteiger partial charge in [0.05, 0.1) is 12.0 Å². The Morgan fingerprint density at radius 3 is 2.88 bits per heavy atom. The van der Waals surface area contributed by atoms with Crippen LogP contribution in [-0.4, -0.2) is 64.7 Å².